The van der Waals surface area contributed by atoms with Gasteiger partial charge in [-0.15, -0.1) is 0 Å². The smallest absolute Gasteiger partial charge is 0.307 e. The van der Waals surface area contributed by atoms with Crippen LogP contribution in [0, 0.1) is 5.92 Å². The topological polar surface area (TPSA) is 63.1 Å². The molecule has 0 saturated carbocycles. The molecule has 0 radical (unpaired) electrons. The molecule has 1 heterocycles. The summed E-state index contributed by atoms with van der Waals surface area (Å²) in [5.41, 5.74) is 0.756. The maximum absolute atomic E-state index is 11.2. The summed E-state index contributed by atoms with van der Waals surface area (Å²) in [6, 6.07) is 0. The molecule has 16 heavy (non-hydrogen) atoms. The Labute approximate surface area is 95.7 Å². The van der Waals surface area contributed by atoms with Gasteiger partial charge >= 0.3 is 5.97 Å². The molecule has 0 bridgehead atoms. The van der Waals surface area contributed by atoms with Gasteiger partial charge in [0, 0.05) is 24.5 Å². The van der Waals surface area contributed by atoms with Crippen LogP contribution in [-0.4, -0.2) is 21.0 Å². The Morgan fingerprint density at radius 2 is 2.25 bits per heavy atom. The maximum atomic E-state index is 11.2. The number of aromatic nitrogens is 2. The molecule has 1 rings (SSSR count). The van der Waals surface area contributed by atoms with Gasteiger partial charge in [-0.1, -0.05) is 26.7 Å². The zero-order valence-corrected chi connectivity index (χ0v) is 9.76. The van der Waals surface area contributed by atoms with E-state index in [2.05, 4.69) is 16.9 Å². The Balaban J connectivity index is 2.75. The Morgan fingerprint density at radius 3 is 2.75 bits per heavy atom. The molecule has 1 aromatic heterocycles. The molecule has 0 fully saturated rings. The molecule has 0 saturated heterocycles. The molecule has 0 aromatic carbocycles. The molecule has 1 aromatic rings. The van der Waals surface area contributed by atoms with Crippen LogP contribution in [0.2, 0.25) is 0 Å². The van der Waals surface area contributed by atoms with Gasteiger partial charge in [0.25, 0.3) is 0 Å². The number of unbranched alkanes of at least 4 members (excludes halogenated alkanes) is 1. The molecule has 2 atom stereocenters. The van der Waals surface area contributed by atoms with Crippen molar-refractivity contribution in [3.8, 4) is 0 Å². The van der Waals surface area contributed by atoms with Crippen molar-refractivity contribution >= 4 is 5.97 Å². The summed E-state index contributed by atoms with van der Waals surface area (Å²) in [5.74, 6) is -1.19. The number of rotatable bonds is 6. The van der Waals surface area contributed by atoms with Crippen molar-refractivity contribution in [2.24, 2.45) is 5.92 Å². The highest BCUT2D eigenvalue weighted by atomic mass is 16.4. The number of aliphatic carboxylic acids is 1. The lowest BCUT2D eigenvalue weighted by Crippen LogP contribution is -2.21. The van der Waals surface area contributed by atoms with E-state index in [9.17, 15) is 9.90 Å². The first-order chi connectivity index (χ1) is 7.66. The number of hydrogen-bond donors (Lipinski definition) is 1. The number of carboxylic acids is 1. The summed E-state index contributed by atoms with van der Waals surface area (Å²) >= 11 is 0. The van der Waals surface area contributed by atoms with Crippen molar-refractivity contribution in [1.29, 1.82) is 0 Å². The Morgan fingerprint density at radius 1 is 1.50 bits per heavy atom. The highest BCUT2D eigenvalue weighted by molar-refractivity contribution is 5.71. The minimum Gasteiger partial charge on any atom is -0.481 e. The first kappa shape index (κ1) is 12.6. The van der Waals surface area contributed by atoms with Crippen LogP contribution in [-0.2, 0) is 4.79 Å². The van der Waals surface area contributed by atoms with E-state index in [4.69, 9.17) is 0 Å². The van der Waals surface area contributed by atoms with Crippen molar-refractivity contribution in [2.75, 3.05) is 0 Å². The van der Waals surface area contributed by atoms with Gasteiger partial charge in [0.2, 0.25) is 0 Å². The van der Waals surface area contributed by atoms with Crippen molar-refractivity contribution in [3.63, 3.8) is 0 Å². The van der Waals surface area contributed by atoms with E-state index in [1.54, 1.807) is 18.6 Å². The molecule has 0 amide bonds. The van der Waals surface area contributed by atoms with Crippen LogP contribution in [0.1, 0.15) is 44.7 Å². The predicted molar refractivity (Wildman–Crippen MR) is 61.1 cm³/mol. The summed E-state index contributed by atoms with van der Waals surface area (Å²) in [5, 5.41) is 9.18. The van der Waals surface area contributed by atoms with Gasteiger partial charge in [0.15, 0.2) is 0 Å². The van der Waals surface area contributed by atoms with Crippen LogP contribution in [0.4, 0.5) is 0 Å². The van der Waals surface area contributed by atoms with Crippen LogP contribution in [0.15, 0.2) is 18.6 Å². The first-order valence-corrected chi connectivity index (χ1v) is 5.65. The fraction of sp³-hybridized carbons (Fsp3) is 0.583. The number of carboxylic acid groups (broad SMARTS) is 1. The van der Waals surface area contributed by atoms with Gasteiger partial charge in [-0.3, -0.25) is 14.8 Å². The molecular weight excluding hydrogens is 204 g/mol. The predicted octanol–water partition coefficient (Wildman–Crippen LogP) is 2.47. The van der Waals surface area contributed by atoms with Crippen LogP contribution in [0.3, 0.4) is 0 Å². The molecule has 4 nitrogen and oxygen atoms in total. The average Bonchev–Trinajstić information content (AvgIpc) is 2.30. The lowest BCUT2D eigenvalue weighted by Gasteiger charge is -2.18. The minimum atomic E-state index is -0.744. The molecule has 0 aliphatic rings. The average molecular weight is 222 g/mol. The van der Waals surface area contributed by atoms with E-state index in [0.717, 1.165) is 18.5 Å². The van der Waals surface area contributed by atoms with Gasteiger partial charge in [-0.25, -0.2) is 0 Å². The van der Waals surface area contributed by atoms with Gasteiger partial charge in [0.05, 0.1) is 11.6 Å². The maximum Gasteiger partial charge on any atom is 0.307 e. The molecule has 0 aliphatic carbocycles. The molecule has 88 valence electrons. The summed E-state index contributed by atoms with van der Waals surface area (Å²) in [4.78, 5) is 19.3. The van der Waals surface area contributed by atoms with Crippen molar-refractivity contribution in [3.05, 3.63) is 24.3 Å². The fourth-order valence-electron chi connectivity index (χ4n) is 1.76. The minimum absolute atomic E-state index is 0.0854. The SMILES string of the molecule is CCCCC(C(=O)O)C(C)c1cnccn1. The molecule has 0 aliphatic heterocycles. The van der Waals surface area contributed by atoms with E-state index in [-0.39, 0.29) is 11.8 Å². The Hall–Kier alpha value is -1.45. The standard InChI is InChI=1S/C12H18N2O2/c1-3-4-5-10(12(15)16)9(2)11-8-13-6-7-14-11/h6-10H,3-5H2,1-2H3,(H,15,16). The lowest BCUT2D eigenvalue weighted by molar-refractivity contribution is -0.142. The van der Waals surface area contributed by atoms with Gasteiger partial charge in [-0.05, 0) is 6.42 Å². The number of nitrogens with zero attached hydrogens (tertiary/aromatic N) is 2. The van der Waals surface area contributed by atoms with Crippen LogP contribution >= 0.6 is 0 Å². The highest BCUT2D eigenvalue weighted by Crippen LogP contribution is 2.26. The van der Waals surface area contributed by atoms with Crippen LogP contribution in [0.25, 0.3) is 0 Å². The molecule has 1 N–H and O–H groups in total. The number of carbonyl (C=O) groups is 1. The molecule has 4 heteroatoms. The first-order valence-electron chi connectivity index (χ1n) is 5.65. The van der Waals surface area contributed by atoms with Gasteiger partial charge in [-0.2, -0.15) is 0 Å². The van der Waals surface area contributed by atoms with E-state index in [1.807, 2.05) is 6.92 Å². The summed E-state index contributed by atoms with van der Waals surface area (Å²) in [7, 11) is 0. The second kappa shape index (κ2) is 6.20. The summed E-state index contributed by atoms with van der Waals surface area (Å²) in [6.45, 7) is 3.96. The van der Waals surface area contributed by atoms with Gasteiger partial charge in [0.1, 0.15) is 0 Å². The quantitative estimate of drug-likeness (QED) is 0.803. The highest BCUT2D eigenvalue weighted by Gasteiger charge is 2.26. The summed E-state index contributed by atoms with van der Waals surface area (Å²) < 4.78 is 0. The summed E-state index contributed by atoms with van der Waals surface area (Å²) in [6.07, 6.45) is 7.48. The van der Waals surface area contributed by atoms with Crippen molar-refractivity contribution in [1.82, 2.24) is 9.97 Å². The molecule has 0 spiro atoms. The third kappa shape index (κ3) is 3.29. The third-order valence-electron chi connectivity index (χ3n) is 2.84. The van der Waals surface area contributed by atoms with Gasteiger partial charge < -0.3 is 5.11 Å². The molecule has 2 unspecified atom stereocenters. The monoisotopic (exact) mass is 222 g/mol. The largest absolute Gasteiger partial charge is 0.481 e. The fourth-order valence-corrected chi connectivity index (χ4v) is 1.76. The normalized spacial score (nSPS) is 14.4. The van der Waals surface area contributed by atoms with Crippen LogP contribution in [0.5, 0.6) is 0 Å². The Kier molecular flexibility index (Phi) is 4.89. The number of hydrogen-bond acceptors (Lipinski definition) is 3. The lowest BCUT2D eigenvalue weighted by atomic mass is 9.87. The van der Waals surface area contributed by atoms with E-state index in [1.165, 1.54) is 0 Å². The zero-order valence-electron chi connectivity index (χ0n) is 9.76. The Bertz CT molecular complexity index is 327. The molecular formula is C12H18N2O2. The van der Waals surface area contributed by atoms with Crippen molar-refractivity contribution < 1.29 is 9.90 Å². The second-order valence-electron chi connectivity index (χ2n) is 4.01. The third-order valence-corrected chi connectivity index (χ3v) is 2.84. The van der Waals surface area contributed by atoms with E-state index < -0.39 is 5.97 Å². The second-order valence-corrected chi connectivity index (χ2v) is 4.01. The zero-order chi connectivity index (χ0) is 12.0. The van der Waals surface area contributed by atoms with Crippen molar-refractivity contribution in [2.45, 2.75) is 39.0 Å². The van der Waals surface area contributed by atoms with Crippen LogP contribution < -0.4 is 0 Å². The van der Waals surface area contributed by atoms with E-state index >= 15 is 0 Å². The van der Waals surface area contributed by atoms with E-state index in [0.29, 0.717) is 6.42 Å².